The van der Waals surface area contributed by atoms with E-state index in [0.717, 1.165) is 10.3 Å². The molecule has 0 aliphatic carbocycles. The van der Waals surface area contributed by atoms with Crippen LogP contribution in [0.3, 0.4) is 0 Å². The van der Waals surface area contributed by atoms with Gasteiger partial charge in [0.05, 0.1) is 11.4 Å². The standard InChI is InChI=1S/C24H20N2O4S/c25-22(27)15-31-21-13-7-5-11-19(21)26-24(28)23-18(14-29-16-8-2-1-3-9-16)17-10-4-6-12-20(17)30-23/h1-13H,14-15H2,(H2,25,27)(H,26,28). The van der Waals surface area contributed by atoms with Gasteiger partial charge in [-0.05, 0) is 30.3 Å². The Kier molecular flexibility index (Phi) is 6.24. The lowest BCUT2D eigenvalue weighted by Gasteiger charge is -2.10. The molecule has 31 heavy (non-hydrogen) atoms. The smallest absolute Gasteiger partial charge is 0.291 e. The third-order valence-electron chi connectivity index (χ3n) is 4.54. The van der Waals surface area contributed by atoms with E-state index in [1.165, 1.54) is 11.8 Å². The molecule has 0 unspecified atom stereocenters. The van der Waals surface area contributed by atoms with Crippen LogP contribution in [-0.2, 0) is 11.4 Å². The average molecular weight is 433 g/mol. The topological polar surface area (TPSA) is 94.6 Å². The first-order valence-electron chi connectivity index (χ1n) is 9.61. The van der Waals surface area contributed by atoms with Gasteiger partial charge in [0.25, 0.3) is 5.91 Å². The SMILES string of the molecule is NC(=O)CSc1ccccc1NC(=O)c1oc2ccccc2c1COc1ccccc1. The number of anilines is 1. The van der Waals surface area contributed by atoms with Crippen molar-refractivity contribution in [3.63, 3.8) is 0 Å². The van der Waals surface area contributed by atoms with Gasteiger partial charge in [-0.3, -0.25) is 9.59 Å². The summed E-state index contributed by atoms with van der Waals surface area (Å²) in [5.74, 6) is 0.186. The van der Waals surface area contributed by atoms with E-state index in [2.05, 4.69) is 5.32 Å². The van der Waals surface area contributed by atoms with E-state index >= 15 is 0 Å². The molecule has 7 heteroatoms. The van der Waals surface area contributed by atoms with Crippen molar-refractivity contribution in [3.8, 4) is 5.75 Å². The summed E-state index contributed by atoms with van der Waals surface area (Å²) in [7, 11) is 0. The molecule has 4 aromatic rings. The lowest BCUT2D eigenvalue weighted by molar-refractivity contribution is -0.115. The van der Waals surface area contributed by atoms with Crippen LogP contribution in [0.5, 0.6) is 5.75 Å². The van der Waals surface area contributed by atoms with Gasteiger partial charge in [-0.2, -0.15) is 0 Å². The van der Waals surface area contributed by atoms with E-state index in [9.17, 15) is 9.59 Å². The number of thioether (sulfide) groups is 1. The molecule has 2 amide bonds. The Morgan fingerprint density at radius 3 is 2.45 bits per heavy atom. The van der Waals surface area contributed by atoms with E-state index < -0.39 is 11.8 Å². The molecule has 0 spiro atoms. The lowest BCUT2D eigenvalue weighted by atomic mass is 10.1. The van der Waals surface area contributed by atoms with E-state index in [-0.39, 0.29) is 18.1 Å². The molecule has 156 valence electrons. The average Bonchev–Trinajstić information content (AvgIpc) is 3.16. The molecule has 1 aromatic heterocycles. The summed E-state index contributed by atoms with van der Waals surface area (Å²) in [6.45, 7) is 0.182. The number of carbonyl (C=O) groups excluding carboxylic acids is 2. The van der Waals surface area contributed by atoms with Gasteiger partial charge in [-0.15, -0.1) is 11.8 Å². The molecule has 0 fully saturated rings. The first kappa shape index (κ1) is 20.6. The number of furan rings is 1. The third-order valence-corrected chi connectivity index (χ3v) is 5.63. The number of nitrogens with two attached hydrogens (primary N) is 1. The predicted molar refractivity (Wildman–Crippen MR) is 121 cm³/mol. The fourth-order valence-electron chi connectivity index (χ4n) is 3.12. The van der Waals surface area contributed by atoms with E-state index in [4.69, 9.17) is 14.9 Å². The molecule has 0 radical (unpaired) electrons. The number of amides is 2. The third kappa shape index (κ3) is 4.90. The minimum absolute atomic E-state index is 0.119. The highest BCUT2D eigenvalue weighted by atomic mass is 32.2. The highest BCUT2D eigenvalue weighted by molar-refractivity contribution is 8.00. The van der Waals surface area contributed by atoms with Crippen LogP contribution in [0.25, 0.3) is 11.0 Å². The first-order chi connectivity index (χ1) is 15.1. The summed E-state index contributed by atoms with van der Waals surface area (Å²) in [4.78, 5) is 25.0. The Morgan fingerprint density at radius 1 is 0.935 bits per heavy atom. The Bertz CT molecular complexity index is 1220. The van der Waals surface area contributed by atoms with Gasteiger partial charge in [0.15, 0.2) is 5.76 Å². The molecule has 1 heterocycles. The number of rotatable bonds is 8. The van der Waals surface area contributed by atoms with Crippen molar-refractivity contribution in [3.05, 3.63) is 90.2 Å². The molecule has 3 N–H and O–H groups in total. The van der Waals surface area contributed by atoms with Crippen LogP contribution in [0.2, 0.25) is 0 Å². The summed E-state index contributed by atoms with van der Waals surface area (Å²) in [6, 6.07) is 24.1. The number of carbonyl (C=O) groups is 2. The van der Waals surface area contributed by atoms with E-state index in [0.29, 0.717) is 22.6 Å². The van der Waals surface area contributed by atoms with Crippen molar-refractivity contribution in [1.82, 2.24) is 0 Å². The fourth-order valence-corrected chi connectivity index (χ4v) is 3.87. The highest BCUT2D eigenvalue weighted by Gasteiger charge is 2.22. The molecular formula is C24H20N2O4S. The number of ether oxygens (including phenoxy) is 1. The molecule has 0 saturated carbocycles. The maximum atomic E-state index is 13.1. The molecule has 0 saturated heterocycles. The number of nitrogens with one attached hydrogen (secondary N) is 1. The zero-order valence-corrected chi connectivity index (χ0v) is 17.4. The van der Waals surface area contributed by atoms with Crippen molar-refractivity contribution < 1.29 is 18.7 Å². The van der Waals surface area contributed by atoms with Gasteiger partial charge in [-0.1, -0.05) is 48.5 Å². The van der Waals surface area contributed by atoms with Crippen molar-refractivity contribution in [2.24, 2.45) is 5.73 Å². The summed E-state index contributed by atoms with van der Waals surface area (Å²) >= 11 is 1.26. The number of hydrogen-bond donors (Lipinski definition) is 2. The lowest BCUT2D eigenvalue weighted by Crippen LogP contribution is -2.15. The summed E-state index contributed by atoms with van der Waals surface area (Å²) in [5, 5.41) is 3.71. The van der Waals surface area contributed by atoms with Crippen LogP contribution in [0.1, 0.15) is 16.1 Å². The van der Waals surface area contributed by atoms with Crippen molar-refractivity contribution >= 4 is 40.2 Å². The molecule has 4 rings (SSSR count). The fraction of sp³-hybridized carbons (Fsp3) is 0.0833. The van der Waals surface area contributed by atoms with Gasteiger partial charge in [0.2, 0.25) is 5.91 Å². The summed E-state index contributed by atoms with van der Waals surface area (Å²) in [6.07, 6.45) is 0. The summed E-state index contributed by atoms with van der Waals surface area (Å²) < 4.78 is 11.8. The second-order valence-corrected chi connectivity index (χ2v) is 7.73. The Balaban J connectivity index is 1.62. The molecule has 6 nitrogen and oxygen atoms in total. The van der Waals surface area contributed by atoms with Crippen molar-refractivity contribution in [2.75, 3.05) is 11.1 Å². The predicted octanol–water partition coefficient (Wildman–Crippen LogP) is 4.84. The first-order valence-corrected chi connectivity index (χ1v) is 10.6. The van der Waals surface area contributed by atoms with Gasteiger partial charge in [-0.25, -0.2) is 0 Å². The van der Waals surface area contributed by atoms with E-state index in [1.54, 1.807) is 6.07 Å². The minimum Gasteiger partial charge on any atom is -0.489 e. The second-order valence-electron chi connectivity index (χ2n) is 6.71. The van der Waals surface area contributed by atoms with E-state index in [1.807, 2.05) is 72.8 Å². The van der Waals surface area contributed by atoms with Crippen LogP contribution in [-0.4, -0.2) is 17.6 Å². The number of para-hydroxylation sites is 3. The second kappa shape index (κ2) is 9.40. The molecule has 3 aromatic carbocycles. The Morgan fingerprint density at radius 2 is 1.65 bits per heavy atom. The van der Waals surface area contributed by atoms with Gasteiger partial charge < -0.3 is 20.2 Å². The van der Waals surface area contributed by atoms with Crippen molar-refractivity contribution in [1.29, 1.82) is 0 Å². The molecule has 0 aliphatic heterocycles. The zero-order valence-electron chi connectivity index (χ0n) is 16.5. The monoisotopic (exact) mass is 432 g/mol. The van der Waals surface area contributed by atoms with Crippen LogP contribution >= 0.6 is 11.8 Å². The minimum atomic E-state index is -0.427. The Hall–Kier alpha value is -3.71. The van der Waals surface area contributed by atoms with Crippen LogP contribution in [0.15, 0.2) is 88.2 Å². The highest BCUT2D eigenvalue weighted by Crippen LogP contribution is 2.30. The summed E-state index contributed by atoms with van der Waals surface area (Å²) in [5.41, 5.74) is 7.10. The number of benzene rings is 3. The number of fused-ring (bicyclic) bond motifs is 1. The zero-order chi connectivity index (χ0) is 21.6. The maximum Gasteiger partial charge on any atom is 0.291 e. The van der Waals surface area contributed by atoms with Crippen LogP contribution in [0.4, 0.5) is 5.69 Å². The largest absolute Gasteiger partial charge is 0.489 e. The van der Waals surface area contributed by atoms with Crippen molar-refractivity contribution in [2.45, 2.75) is 11.5 Å². The maximum absolute atomic E-state index is 13.1. The quantitative estimate of drug-likeness (QED) is 0.389. The van der Waals surface area contributed by atoms with Gasteiger partial charge >= 0.3 is 0 Å². The van der Waals surface area contributed by atoms with Crippen LogP contribution < -0.4 is 15.8 Å². The normalized spacial score (nSPS) is 10.7. The number of hydrogen-bond acceptors (Lipinski definition) is 5. The van der Waals surface area contributed by atoms with Gasteiger partial charge in [0.1, 0.15) is 17.9 Å². The Labute approximate surface area is 183 Å². The van der Waals surface area contributed by atoms with Crippen LogP contribution in [0, 0.1) is 0 Å². The number of primary amides is 1. The molecule has 0 bridgehead atoms. The molecule has 0 atom stereocenters. The van der Waals surface area contributed by atoms with Gasteiger partial charge in [0, 0.05) is 15.8 Å². The molecular weight excluding hydrogens is 412 g/mol. The molecule has 0 aliphatic rings.